The molecule has 0 bridgehead atoms. The highest BCUT2D eigenvalue weighted by molar-refractivity contribution is 6.30. The summed E-state index contributed by atoms with van der Waals surface area (Å²) in [6, 6.07) is 14.5. The van der Waals surface area contributed by atoms with E-state index in [0.717, 1.165) is 0 Å². The average molecular weight is 399 g/mol. The number of hydrogen-bond donors (Lipinski definition) is 1. The highest BCUT2D eigenvalue weighted by atomic mass is 35.5. The van der Waals surface area contributed by atoms with Gasteiger partial charge < -0.3 is 14.8 Å². The first-order valence-corrected chi connectivity index (χ1v) is 8.56. The van der Waals surface area contributed by atoms with E-state index in [0.29, 0.717) is 22.2 Å². The number of para-hydroxylation sites is 1. The molecule has 1 heterocycles. The van der Waals surface area contributed by atoms with Gasteiger partial charge in [-0.05, 0) is 36.4 Å². The highest BCUT2D eigenvalue weighted by Crippen LogP contribution is 2.21. The SMILES string of the molecule is COC(=O)c1ccc(NC(=O)COC(=O)c2cc(Cl)nc3ccccc23)cc1. The summed E-state index contributed by atoms with van der Waals surface area (Å²) in [5.41, 5.74) is 1.59. The molecule has 0 saturated carbocycles. The fraction of sp³-hybridized carbons (Fsp3) is 0.100. The number of rotatable bonds is 5. The summed E-state index contributed by atoms with van der Waals surface area (Å²) >= 11 is 5.95. The summed E-state index contributed by atoms with van der Waals surface area (Å²) in [6.07, 6.45) is 0. The predicted octanol–water partition coefficient (Wildman–Crippen LogP) is 3.47. The number of methoxy groups -OCH3 is 1. The molecule has 0 aliphatic heterocycles. The lowest BCUT2D eigenvalue weighted by Gasteiger charge is -2.09. The van der Waals surface area contributed by atoms with Crippen LogP contribution in [-0.2, 0) is 14.3 Å². The van der Waals surface area contributed by atoms with Crippen molar-refractivity contribution in [2.45, 2.75) is 0 Å². The van der Waals surface area contributed by atoms with Crippen LogP contribution >= 0.6 is 11.6 Å². The summed E-state index contributed by atoms with van der Waals surface area (Å²) in [5, 5.41) is 3.31. The van der Waals surface area contributed by atoms with Gasteiger partial charge in [0, 0.05) is 11.1 Å². The van der Waals surface area contributed by atoms with Crippen LogP contribution in [0.5, 0.6) is 0 Å². The number of carbonyl (C=O) groups excluding carboxylic acids is 3. The number of amides is 1. The summed E-state index contributed by atoms with van der Waals surface area (Å²) in [6.45, 7) is -0.480. The molecular formula is C20H15ClN2O5. The first kappa shape index (κ1) is 19.3. The van der Waals surface area contributed by atoms with Gasteiger partial charge in [0.05, 0.1) is 23.8 Å². The molecule has 1 N–H and O–H groups in total. The molecule has 0 unspecified atom stereocenters. The molecule has 0 radical (unpaired) electrons. The van der Waals surface area contributed by atoms with E-state index in [9.17, 15) is 14.4 Å². The monoisotopic (exact) mass is 398 g/mol. The number of esters is 2. The van der Waals surface area contributed by atoms with E-state index in [1.165, 1.54) is 25.3 Å². The molecule has 1 amide bonds. The van der Waals surface area contributed by atoms with E-state index >= 15 is 0 Å². The lowest BCUT2D eigenvalue weighted by molar-refractivity contribution is -0.119. The minimum atomic E-state index is -0.684. The fourth-order valence-corrected chi connectivity index (χ4v) is 2.73. The van der Waals surface area contributed by atoms with Gasteiger partial charge in [0.15, 0.2) is 6.61 Å². The van der Waals surface area contributed by atoms with E-state index in [1.807, 2.05) is 0 Å². The van der Waals surface area contributed by atoms with Crippen molar-refractivity contribution in [1.29, 1.82) is 0 Å². The van der Waals surface area contributed by atoms with Crippen LogP contribution in [0.4, 0.5) is 5.69 Å². The van der Waals surface area contributed by atoms with Crippen molar-refractivity contribution in [3.8, 4) is 0 Å². The van der Waals surface area contributed by atoms with Crippen LogP contribution in [0.15, 0.2) is 54.6 Å². The van der Waals surface area contributed by atoms with Crippen LogP contribution in [0.25, 0.3) is 10.9 Å². The van der Waals surface area contributed by atoms with Crippen molar-refractivity contribution in [3.05, 3.63) is 70.9 Å². The Morgan fingerprint density at radius 2 is 1.75 bits per heavy atom. The molecule has 142 valence electrons. The van der Waals surface area contributed by atoms with Crippen molar-refractivity contribution in [2.24, 2.45) is 0 Å². The Morgan fingerprint density at radius 1 is 1.04 bits per heavy atom. The van der Waals surface area contributed by atoms with Crippen LogP contribution in [0, 0.1) is 0 Å². The average Bonchev–Trinajstić information content (AvgIpc) is 2.71. The summed E-state index contributed by atoms with van der Waals surface area (Å²) in [7, 11) is 1.28. The van der Waals surface area contributed by atoms with Crippen molar-refractivity contribution >= 4 is 46.0 Å². The van der Waals surface area contributed by atoms with Gasteiger partial charge in [-0.2, -0.15) is 0 Å². The number of fused-ring (bicyclic) bond motifs is 1. The number of ether oxygens (including phenoxy) is 2. The Balaban J connectivity index is 1.63. The minimum absolute atomic E-state index is 0.154. The molecular weight excluding hydrogens is 384 g/mol. The molecule has 7 nitrogen and oxygen atoms in total. The van der Waals surface area contributed by atoms with Crippen LogP contribution < -0.4 is 5.32 Å². The second kappa shape index (κ2) is 8.49. The van der Waals surface area contributed by atoms with Gasteiger partial charge in [-0.25, -0.2) is 14.6 Å². The highest BCUT2D eigenvalue weighted by Gasteiger charge is 2.15. The quantitative estimate of drug-likeness (QED) is 0.522. The zero-order chi connectivity index (χ0) is 20.1. The summed E-state index contributed by atoms with van der Waals surface area (Å²) in [5.74, 6) is -1.68. The topological polar surface area (TPSA) is 94.6 Å². The second-order valence-electron chi connectivity index (χ2n) is 5.70. The third-order valence-corrected chi connectivity index (χ3v) is 4.02. The number of benzene rings is 2. The minimum Gasteiger partial charge on any atom is -0.465 e. The second-order valence-corrected chi connectivity index (χ2v) is 6.09. The largest absolute Gasteiger partial charge is 0.465 e. The number of pyridine rings is 1. The molecule has 0 aliphatic carbocycles. The molecule has 0 fully saturated rings. The van der Waals surface area contributed by atoms with Gasteiger partial charge in [-0.1, -0.05) is 29.8 Å². The van der Waals surface area contributed by atoms with Crippen molar-refractivity contribution in [2.75, 3.05) is 19.0 Å². The zero-order valence-electron chi connectivity index (χ0n) is 14.8. The molecule has 0 spiro atoms. The van der Waals surface area contributed by atoms with Gasteiger partial charge in [0.25, 0.3) is 5.91 Å². The third-order valence-electron chi connectivity index (χ3n) is 3.83. The lowest BCUT2D eigenvalue weighted by atomic mass is 10.1. The Bertz CT molecular complexity index is 1050. The van der Waals surface area contributed by atoms with Crippen molar-refractivity contribution in [3.63, 3.8) is 0 Å². The van der Waals surface area contributed by atoms with Gasteiger partial charge >= 0.3 is 11.9 Å². The van der Waals surface area contributed by atoms with Crippen LogP contribution in [0.3, 0.4) is 0 Å². The first-order valence-electron chi connectivity index (χ1n) is 8.18. The summed E-state index contributed by atoms with van der Waals surface area (Å²) in [4.78, 5) is 40.0. The zero-order valence-corrected chi connectivity index (χ0v) is 15.5. The fourth-order valence-electron chi connectivity index (χ4n) is 2.53. The Labute approximate surface area is 165 Å². The molecule has 0 atom stereocenters. The Morgan fingerprint density at radius 3 is 2.46 bits per heavy atom. The number of anilines is 1. The van der Waals surface area contributed by atoms with E-state index in [-0.39, 0.29) is 10.7 Å². The van der Waals surface area contributed by atoms with E-state index in [1.54, 1.807) is 36.4 Å². The Kier molecular flexibility index (Phi) is 5.86. The number of carbonyl (C=O) groups is 3. The lowest BCUT2D eigenvalue weighted by Crippen LogP contribution is -2.21. The van der Waals surface area contributed by atoms with Crippen LogP contribution in [0.2, 0.25) is 5.15 Å². The maximum absolute atomic E-state index is 12.4. The van der Waals surface area contributed by atoms with Gasteiger partial charge in [-0.3, -0.25) is 4.79 Å². The van der Waals surface area contributed by atoms with E-state index in [4.69, 9.17) is 16.3 Å². The molecule has 0 aliphatic rings. The molecule has 1 aromatic heterocycles. The standard InChI is InChI=1S/C20H15ClN2O5/c1-27-19(25)12-6-8-13(9-7-12)22-18(24)11-28-20(26)15-10-17(21)23-16-5-3-2-4-14(15)16/h2-10H,11H2,1H3,(H,22,24). The van der Waals surface area contributed by atoms with Gasteiger partial charge in [0.2, 0.25) is 0 Å². The number of nitrogens with zero attached hydrogens (tertiary/aromatic N) is 1. The first-order chi connectivity index (χ1) is 13.5. The number of aromatic nitrogens is 1. The maximum atomic E-state index is 12.4. The number of hydrogen-bond acceptors (Lipinski definition) is 6. The van der Waals surface area contributed by atoms with Crippen LogP contribution in [-0.4, -0.2) is 36.5 Å². The molecule has 8 heteroatoms. The Hall–Kier alpha value is -3.45. The molecule has 3 rings (SSSR count). The molecule has 2 aromatic carbocycles. The van der Waals surface area contributed by atoms with E-state index in [2.05, 4.69) is 15.0 Å². The van der Waals surface area contributed by atoms with Gasteiger partial charge in [-0.15, -0.1) is 0 Å². The van der Waals surface area contributed by atoms with Crippen LogP contribution in [0.1, 0.15) is 20.7 Å². The maximum Gasteiger partial charge on any atom is 0.339 e. The number of halogens is 1. The molecule has 3 aromatic rings. The van der Waals surface area contributed by atoms with Crippen molar-refractivity contribution < 1.29 is 23.9 Å². The van der Waals surface area contributed by atoms with Crippen molar-refractivity contribution in [1.82, 2.24) is 4.98 Å². The summed E-state index contributed by atoms with van der Waals surface area (Å²) < 4.78 is 9.70. The van der Waals surface area contributed by atoms with Gasteiger partial charge in [0.1, 0.15) is 5.15 Å². The predicted molar refractivity (Wildman–Crippen MR) is 103 cm³/mol. The number of nitrogens with one attached hydrogen (secondary N) is 1. The normalized spacial score (nSPS) is 10.4. The smallest absolute Gasteiger partial charge is 0.339 e. The van der Waals surface area contributed by atoms with E-state index < -0.39 is 24.5 Å². The molecule has 28 heavy (non-hydrogen) atoms. The molecule has 0 saturated heterocycles. The third kappa shape index (κ3) is 4.44.